The molecule has 0 atom stereocenters. The van der Waals surface area contributed by atoms with Crippen LogP contribution in [0.4, 0.5) is 0 Å². The van der Waals surface area contributed by atoms with Crippen LogP contribution in [0.15, 0.2) is 22.8 Å². The van der Waals surface area contributed by atoms with Gasteiger partial charge < -0.3 is 13.9 Å². The first kappa shape index (κ1) is 7.31. The molecule has 1 heterocycles. The van der Waals surface area contributed by atoms with E-state index in [4.69, 9.17) is 13.9 Å². The van der Waals surface area contributed by atoms with E-state index in [1.807, 2.05) is 0 Å². The molecule has 0 N–H and O–H groups in total. The lowest BCUT2D eigenvalue weighted by molar-refractivity contribution is 0.0148. The summed E-state index contributed by atoms with van der Waals surface area (Å²) in [7, 11) is 3.06. The van der Waals surface area contributed by atoms with Gasteiger partial charge in [0.1, 0.15) is 0 Å². The third-order valence-electron chi connectivity index (χ3n) is 1.09. The minimum Gasteiger partial charge on any atom is -0.463 e. The van der Waals surface area contributed by atoms with Crippen LogP contribution in [-0.2, 0) is 9.47 Å². The lowest BCUT2D eigenvalue weighted by Gasteiger charge is -2.06. The summed E-state index contributed by atoms with van der Waals surface area (Å²) < 4.78 is 14.7. The number of hydrogen-bond donors (Lipinski definition) is 0. The van der Waals surface area contributed by atoms with Crippen molar-refractivity contribution in [1.82, 2.24) is 0 Å². The van der Waals surface area contributed by atoms with Gasteiger partial charge in [-0.05, 0) is 12.1 Å². The average Bonchev–Trinajstić information content (AvgIpc) is 2.43. The minimum absolute atomic E-state index is 0.394. The molecule has 0 spiro atoms. The van der Waals surface area contributed by atoms with E-state index in [2.05, 4.69) is 0 Å². The van der Waals surface area contributed by atoms with Gasteiger partial charge in [-0.15, -0.1) is 0 Å². The van der Waals surface area contributed by atoms with Gasteiger partial charge in [-0.2, -0.15) is 0 Å². The van der Waals surface area contributed by atoms with Crippen molar-refractivity contribution in [1.29, 1.82) is 0 Å². The van der Waals surface area contributed by atoms with Crippen LogP contribution in [0.2, 0.25) is 0 Å². The van der Waals surface area contributed by atoms with Crippen molar-refractivity contribution >= 4 is 0 Å². The molecule has 0 aromatic carbocycles. The second-order valence-corrected chi connectivity index (χ2v) is 1.67. The summed E-state index contributed by atoms with van der Waals surface area (Å²) in [5.74, 6) is 0.602. The van der Waals surface area contributed by atoms with Crippen LogP contribution < -0.4 is 0 Å². The largest absolute Gasteiger partial charge is 0.463 e. The van der Waals surface area contributed by atoms with E-state index < -0.39 is 0 Å². The predicted octanol–water partition coefficient (Wildman–Crippen LogP) is 1.41. The lowest BCUT2D eigenvalue weighted by Crippen LogP contribution is -2.02. The van der Waals surface area contributed by atoms with Crippen molar-refractivity contribution in [3.05, 3.63) is 30.4 Å². The minimum atomic E-state index is 0.394. The average molecular weight is 141 g/mol. The van der Waals surface area contributed by atoms with Crippen LogP contribution >= 0.6 is 0 Å². The molecular formula is C7H9O3. The van der Waals surface area contributed by atoms with E-state index in [0.29, 0.717) is 12.1 Å². The monoisotopic (exact) mass is 141 g/mol. The second-order valence-electron chi connectivity index (χ2n) is 1.67. The summed E-state index contributed by atoms with van der Waals surface area (Å²) in [6, 6.07) is 3.54. The Morgan fingerprint density at radius 1 is 1.40 bits per heavy atom. The van der Waals surface area contributed by atoms with Gasteiger partial charge in [-0.25, -0.2) is 0 Å². The summed E-state index contributed by atoms with van der Waals surface area (Å²) in [6.07, 6.45) is 1.96. The second kappa shape index (κ2) is 3.39. The fourth-order valence-corrected chi connectivity index (χ4v) is 0.679. The molecule has 3 nitrogen and oxygen atoms in total. The van der Waals surface area contributed by atoms with E-state index in [0.717, 1.165) is 0 Å². The normalized spacial score (nSPS) is 10.7. The molecule has 55 valence electrons. The molecule has 0 aliphatic carbocycles. The molecule has 0 saturated carbocycles. The molecule has 0 unspecified atom stereocenters. The van der Waals surface area contributed by atoms with Gasteiger partial charge in [0.25, 0.3) is 6.29 Å². The number of hydrogen-bond acceptors (Lipinski definition) is 3. The Morgan fingerprint density at radius 3 is 2.50 bits per heavy atom. The topological polar surface area (TPSA) is 31.6 Å². The predicted molar refractivity (Wildman–Crippen MR) is 35.1 cm³/mol. The Bertz CT molecular complexity index is 165. The first-order valence-electron chi connectivity index (χ1n) is 2.87. The quantitative estimate of drug-likeness (QED) is 0.637. The molecule has 1 radical (unpaired) electrons. The maximum absolute atomic E-state index is 4.99. The standard InChI is InChI=1S/C7H9O3/c1-8-7(9-2)6-4-3-5-10-6/h3-5H,1-2H3. The van der Waals surface area contributed by atoms with Crippen LogP contribution in [0.25, 0.3) is 0 Å². The fourth-order valence-electron chi connectivity index (χ4n) is 0.679. The van der Waals surface area contributed by atoms with E-state index in [1.165, 1.54) is 14.2 Å². The van der Waals surface area contributed by atoms with Gasteiger partial charge in [0.05, 0.1) is 6.26 Å². The third-order valence-corrected chi connectivity index (χ3v) is 1.09. The molecule has 0 saturated heterocycles. The zero-order chi connectivity index (χ0) is 7.40. The highest BCUT2D eigenvalue weighted by Gasteiger charge is 2.13. The Hall–Kier alpha value is -0.800. The van der Waals surface area contributed by atoms with Gasteiger partial charge in [0.2, 0.25) is 0 Å². The van der Waals surface area contributed by atoms with Gasteiger partial charge >= 0.3 is 0 Å². The lowest BCUT2D eigenvalue weighted by atomic mass is 10.4. The van der Waals surface area contributed by atoms with Crippen LogP contribution in [0.1, 0.15) is 5.76 Å². The molecule has 0 aliphatic rings. The summed E-state index contributed by atoms with van der Waals surface area (Å²) in [5.41, 5.74) is 0. The maximum Gasteiger partial charge on any atom is 0.292 e. The molecular weight excluding hydrogens is 132 g/mol. The fraction of sp³-hybridized carbons (Fsp3) is 0.286. The highest BCUT2D eigenvalue weighted by atomic mass is 16.7. The van der Waals surface area contributed by atoms with Crippen molar-refractivity contribution in [2.75, 3.05) is 14.2 Å². The molecule has 0 amide bonds. The Morgan fingerprint density at radius 2 is 2.10 bits per heavy atom. The summed E-state index contributed by atoms with van der Waals surface area (Å²) in [4.78, 5) is 0. The van der Waals surface area contributed by atoms with Crippen molar-refractivity contribution in [2.24, 2.45) is 0 Å². The Balaban J connectivity index is 2.64. The van der Waals surface area contributed by atoms with E-state index in [9.17, 15) is 0 Å². The van der Waals surface area contributed by atoms with Gasteiger partial charge in [-0.1, -0.05) is 0 Å². The van der Waals surface area contributed by atoms with Gasteiger partial charge in [0.15, 0.2) is 5.76 Å². The van der Waals surface area contributed by atoms with Crippen LogP contribution in [0.3, 0.4) is 0 Å². The van der Waals surface area contributed by atoms with E-state index >= 15 is 0 Å². The molecule has 0 bridgehead atoms. The van der Waals surface area contributed by atoms with Gasteiger partial charge in [-0.3, -0.25) is 0 Å². The molecule has 1 aromatic heterocycles. The number of furan rings is 1. The van der Waals surface area contributed by atoms with E-state index in [1.54, 1.807) is 18.4 Å². The molecule has 1 rings (SSSR count). The van der Waals surface area contributed by atoms with Gasteiger partial charge in [0, 0.05) is 14.2 Å². The maximum atomic E-state index is 4.99. The molecule has 0 fully saturated rings. The Kier molecular flexibility index (Phi) is 2.48. The van der Waals surface area contributed by atoms with Crippen molar-refractivity contribution in [2.45, 2.75) is 0 Å². The number of ether oxygens (including phenoxy) is 2. The summed E-state index contributed by atoms with van der Waals surface area (Å²) in [6.45, 7) is 0. The Labute approximate surface area is 59.5 Å². The smallest absolute Gasteiger partial charge is 0.292 e. The first-order valence-corrected chi connectivity index (χ1v) is 2.87. The molecule has 3 heteroatoms. The zero-order valence-electron chi connectivity index (χ0n) is 5.96. The zero-order valence-corrected chi connectivity index (χ0v) is 5.96. The molecule has 0 aliphatic heterocycles. The van der Waals surface area contributed by atoms with Crippen molar-refractivity contribution in [3.8, 4) is 0 Å². The third kappa shape index (κ3) is 1.37. The molecule has 1 aromatic rings. The molecule has 10 heavy (non-hydrogen) atoms. The highest BCUT2D eigenvalue weighted by Crippen LogP contribution is 2.15. The summed E-state index contributed by atoms with van der Waals surface area (Å²) >= 11 is 0. The SMILES string of the molecule is CO[C](OC)c1ccco1. The van der Waals surface area contributed by atoms with Crippen LogP contribution in [0, 0.1) is 6.29 Å². The van der Waals surface area contributed by atoms with Crippen molar-refractivity contribution < 1.29 is 13.9 Å². The van der Waals surface area contributed by atoms with Crippen molar-refractivity contribution in [3.63, 3.8) is 0 Å². The number of methoxy groups -OCH3 is 2. The number of rotatable bonds is 3. The summed E-state index contributed by atoms with van der Waals surface area (Å²) in [5, 5.41) is 0. The highest BCUT2D eigenvalue weighted by molar-refractivity contribution is 5.09. The van der Waals surface area contributed by atoms with E-state index in [-0.39, 0.29) is 0 Å². The first-order chi connectivity index (χ1) is 4.88. The van der Waals surface area contributed by atoms with Crippen LogP contribution in [0.5, 0.6) is 0 Å². The van der Waals surface area contributed by atoms with Crippen LogP contribution in [-0.4, -0.2) is 14.2 Å².